The van der Waals surface area contributed by atoms with Gasteiger partial charge in [-0.3, -0.25) is 0 Å². The van der Waals surface area contributed by atoms with Gasteiger partial charge in [-0.25, -0.2) is 0 Å². The Balaban J connectivity index is 3.77. The first-order chi connectivity index (χ1) is 8.14. The molecule has 17 heavy (non-hydrogen) atoms. The molecule has 0 N–H and O–H groups in total. The van der Waals surface area contributed by atoms with Gasteiger partial charge in [-0.15, -0.1) is 0 Å². The second-order valence-electron chi connectivity index (χ2n) is 5.41. The Morgan fingerprint density at radius 1 is 0.824 bits per heavy atom. The molecule has 1 atom stereocenters. The van der Waals surface area contributed by atoms with Crippen molar-refractivity contribution in [3.05, 3.63) is 0 Å². The number of hydrogen-bond acceptors (Lipinski definition) is 1. The second kappa shape index (κ2) is 10.2. The van der Waals surface area contributed by atoms with Gasteiger partial charge in [0.15, 0.2) is 0 Å². The van der Waals surface area contributed by atoms with Crippen molar-refractivity contribution in [2.24, 2.45) is 5.41 Å². The van der Waals surface area contributed by atoms with Gasteiger partial charge in [0.05, 0.1) is 7.80 Å². The summed E-state index contributed by atoms with van der Waals surface area (Å²) >= 11 is 0. The molecular formula is C15H33OP. The van der Waals surface area contributed by atoms with Crippen molar-refractivity contribution in [1.82, 2.24) is 0 Å². The Bertz CT molecular complexity index is 189. The maximum Gasteiger partial charge on any atom is 0.0762 e. The van der Waals surface area contributed by atoms with Crippen LogP contribution >= 0.6 is 7.80 Å². The smallest absolute Gasteiger partial charge is 0.0762 e. The highest BCUT2D eigenvalue weighted by Crippen LogP contribution is 2.37. The molecule has 0 aromatic carbocycles. The molecule has 2 heteroatoms. The molecule has 0 radical (unpaired) electrons. The topological polar surface area (TPSA) is 17.1 Å². The first-order valence-corrected chi connectivity index (χ1v) is 9.48. The van der Waals surface area contributed by atoms with Gasteiger partial charge in [0.1, 0.15) is 0 Å². The van der Waals surface area contributed by atoms with E-state index in [4.69, 9.17) is 0 Å². The summed E-state index contributed by atoms with van der Waals surface area (Å²) in [6.45, 7) is 9.11. The number of rotatable bonds is 11. The normalized spacial score (nSPS) is 13.9. The second-order valence-corrected chi connectivity index (χ2v) is 7.49. The molecule has 0 saturated carbocycles. The minimum Gasteiger partial charge on any atom is -0.327 e. The summed E-state index contributed by atoms with van der Waals surface area (Å²) in [6.07, 6.45) is 11.9. The van der Waals surface area contributed by atoms with E-state index < -0.39 is 7.80 Å². The Morgan fingerprint density at radius 2 is 1.35 bits per heavy atom. The first-order valence-electron chi connectivity index (χ1n) is 7.65. The zero-order valence-electron chi connectivity index (χ0n) is 12.5. The van der Waals surface area contributed by atoms with Crippen molar-refractivity contribution in [1.29, 1.82) is 0 Å². The van der Waals surface area contributed by atoms with Crippen LogP contribution in [0.4, 0.5) is 0 Å². The predicted octanol–water partition coefficient (Wildman–Crippen LogP) is 5.73. The van der Waals surface area contributed by atoms with Crippen molar-refractivity contribution < 1.29 is 4.57 Å². The van der Waals surface area contributed by atoms with Crippen molar-refractivity contribution in [2.45, 2.75) is 79.1 Å². The van der Waals surface area contributed by atoms with Crippen LogP contribution in [-0.2, 0) is 4.57 Å². The lowest BCUT2D eigenvalue weighted by Crippen LogP contribution is -2.17. The van der Waals surface area contributed by atoms with E-state index in [0.29, 0.717) is 5.41 Å². The molecule has 1 nitrogen and oxygen atoms in total. The van der Waals surface area contributed by atoms with Crippen molar-refractivity contribution in [3.63, 3.8) is 0 Å². The van der Waals surface area contributed by atoms with Crippen LogP contribution in [0.3, 0.4) is 0 Å². The van der Waals surface area contributed by atoms with Crippen LogP contribution < -0.4 is 0 Å². The fraction of sp³-hybridized carbons (Fsp3) is 1.00. The highest BCUT2D eigenvalue weighted by Gasteiger charge is 2.23. The summed E-state index contributed by atoms with van der Waals surface area (Å²) in [7, 11) is -1.26. The molecule has 0 rings (SSSR count). The lowest BCUT2D eigenvalue weighted by molar-refractivity contribution is 0.227. The maximum absolute atomic E-state index is 11.9. The van der Waals surface area contributed by atoms with Crippen molar-refractivity contribution in [2.75, 3.05) is 12.3 Å². The Morgan fingerprint density at radius 3 is 1.82 bits per heavy atom. The third-order valence-electron chi connectivity index (χ3n) is 4.47. The summed E-state index contributed by atoms with van der Waals surface area (Å²) in [5.41, 5.74) is 0.533. The molecule has 0 aromatic heterocycles. The van der Waals surface area contributed by atoms with Gasteiger partial charge in [-0.1, -0.05) is 59.8 Å². The SMILES string of the molecule is CCCCC[PH](=O)CCCC(CC)(CC)CC. The molecule has 104 valence electrons. The summed E-state index contributed by atoms with van der Waals surface area (Å²) in [5, 5.41) is 0. The molecule has 0 fully saturated rings. The molecule has 0 aromatic rings. The Hall–Kier alpha value is 0.230. The Kier molecular flexibility index (Phi) is 10.3. The monoisotopic (exact) mass is 260 g/mol. The van der Waals surface area contributed by atoms with Gasteiger partial charge in [0.25, 0.3) is 0 Å². The number of hydrogen-bond donors (Lipinski definition) is 0. The molecule has 0 bridgehead atoms. The fourth-order valence-electron chi connectivity index (χ4n) is 2.64. The molecule has 0 aliphatic carbocycles. The third kappa shape index (κ3) is 7.29. The third-order valence-corrected chi connectivity index (χ3v) is 6.29. The molecule has 0 amide bonds. The van der Waals surface area contributed by atoms with E-state index in [9.17, 15) is 4.57 Å². The standard InChI is InChI=1S/C15H33OP/c1-5-9-10-13-17(16)14-11-12-15(6-2,7-3)8-4/h17H,5-14H2,1-4H3. The first kappa shape index (κ1) is 17.2. The fourth-order valence-corrected chi connectivity index (χ4v) is 4.10. The van der Waals surface area contributed by atoms with Gasteiger partial charge >= 0.3 is 0 Å². The number of unbranched alkanes of at least 4 members (excludes halogenated alkanes) is 2. The molecular weight excluding hydrogens is 227 g/mol. The van der Waals surface area contributed by atoms with E-state index in [2.05, 4.69) is 27.7 Å². The van der Waals surface area contributed by atoms with Gasteiger partial charge in [-0.05, 0) is 37.0 Å². The largest absolute Gasteiger partial charge is 0.327 e. The molecule has 0 heterocycles. The van der Waals surface area contributed by atoms with Crippen LogP contribution in [0, 0.1) is 5.41 Å². The van der Waals surface area contributed by atoms with E-state index >= 15 is 0 Å². The van der Waals surface area contributed by atoms with Gasteiger partial charge in [-0.2, -0.15) is 0 Å². The quantitative estimate of drug-likeness (QED) is 0.342. The lowest BCUT2D eigenvalue weighted by Gasteiger charge is -2.30. The zero-order valence-corrected chi connectivity index (χ0v) is 13.5. The van der Waals surface area contributed by atoms with Gasteiger partial charge < -0.3 is 4.57 Å². The van der Waals surface area contributed by atoms with Crippen LogP contribution in [0.5, 0.6) is 0 Å². The van der Waals surface area contributed by atoms with Crippen molar-refractivity contribution >= 4 is 7.80 Å². The van der Waals surface area contributed by atoms with Crippen LogP contribution in [0.1, 0.15) is 79.1 Å². The van der Waals surface area contributed by atoms with Crippen LogP contribution in [-0.4, -0.2) is 12.3 Å². The summed E-state index contributed by atoms with van der Waals surface area (Å²) in [5.74, 6) is 0. The lowest BCUT2D eigenvalue weighted by atomic mass is 9.76. The Labute approximate surface area is 110 Å². The summed E-state index contributed by atoms with van der Waals surface area (Å²) in [4.78, 5) is 0. The van der Waals surface area contributed by atoms with Gasteiger partial charge in [0.2, 0.25) is 0 Å². The maximum atomic E-state index is 11.9. The van der Waals surface area contributed by atoms with Crippen molar-refractivity contribution in [3.8, 4) is 0 Å². The molecule has 0 aliphatic heterocycles. The molecule has 0 spiro atoms. The van der Waals surface area contributed by atoms with Crippen LogP contribution in [0.15, 0.2) is 0 Å². The minimum atomic E-state index is -1.26. The molecule has 1 unspecified atom stereocenters. The minimum absolute atomic E-state index is 0.533. The van der Waals surface area contributed by atoms with Crippen LogP contribution in [0.25, 0.3) is 0 Å². The highest BCUT2D eigenvalue weighted by atomic mass is 31.1. The highest BCUT2D eigenvalue weighted by molar-refractivity contribution is 7.44. The van der Waals surface area contributed by atoms with E-state index in [0.717, 1.165) is 12.3 Å². The molecule has 0 saturated heterocycles. The zero-order chi connectivity index (χ0) is 13.1. The van der Waals surface area contributed by atoms with E-state index in [1.165, 1.54) is 51.4 Å². The van der Waals surface area contributed by atoms with E-state index in [1.807, 2.05) is 0 Å². The summed E-state index contributed by atoms with van der Waals surface area (Å²) < 4.78 is 11.9. The van der Waals surface area contributed by atoms with Gasteiger partial charge in [0, 0.05) is 0 Å². The predicted molar refractivity (Wildman–Crippen MR) is 80.8 cm³/mol. The summed E-state index contributed by atoms with van der Waals surface area (Å²) in [6, 6.07) is 0. The van der Waals surface area contributed by atoms with E-state index in [1.54, 1.807) is 0 Å². The average Bonchev–Trinajstić information content (AvgIpc) is 2.36. The van der Waals surface area contributed by atoms with Crippen LogP contribution in [0.2, 0.25) is 0 Å². The molecule has 0 aliphatic rings. The van der Waals surface area contributed by atoms with E-state index in [-0.39, 0.29) is 0 Å². The average molecular weight is 260 g/mol.